The number of pyridine rings is 1. The minimum atomic E-state index is -0.208. The van der Waals surface area contributed by atoms with Crippen LogP contribution in [0.15, 0.2) is 77.9 Å². The van der Waals surface area contributed by atoms with E-state index in [0.29, 0.717) is 17.6 Å². The van der Waals surface area contributed by atoms with E-state index >= 15 is 0 Å². The minimum absolute atomic E-state index is 0.208. The van der Waals surface area contributed by atoms with E-state index in [-0.39, 0.29) is 5.91 Å². The molecule has 1 amide bonds. The molecule has 0 N–H and O–H groups in total. The van der Waals surface area contributed by atoms with E-state index in [4.69, 9.17) is 0 Å². The number of benzene rings is 2. The highest BCUT2D eigenvalue weighted by Crippen LogP contribution is 2.11. The molecule has 2 aromatic carbocycles. The Kier molecular flexibility index (Phi) is 4.71. The van der Waals surface area contributed by atoms with E-state index in [1.807, 2.05) is 79.2 Å². The molecule has 0 spiro atoms. The summed E-state index contributed by atoms with van der Waals surface area (Å²) < 4.78 is 1.98. The molecule has 0 bridgehead atoms. The van der Waals surface area contributed by atoms with E-state index in [9.17, 15) is 4.79 Å². The average Bonchev–Trinajstić information content (AvgIpc) is 2.57. The maximum Gasteiger partial charge on any atom is 0.279 e. The standard InChI is InChI=1S/C21H20N2O/c1-16-11-12-19(17(2)14-16)21(24)22-20-10-6-7-13-23(20)15-18-8-4-3-5-9-18/h3-14H,15H2,1-2H3. The van der Waals surface area contributed by atoms with E-state index in [1.54, 1.807) is 0 Å². The predicted molar refractivity (Wildman–Crippen MR) is 95.8 cm³/mol. The number of hydrogen-bond acceptors (Lipinski definition) is 1. The second-order valence-corrected chi connectivity index (χ2v) is 5.91. The maximum absolute atomic E-state index is 12.6. The van der Waals surface area contributed by atoms with Gasteiger partial charge in [-0.2, -0.15) is 4.99 Å². The molecule has 3 rings (SSSR count). The van der Waals surface area contributed by atoms with Crippen LogP contribution in [0.4, 0.5) is 0 Å². The zero-order chi connectivity index (χ0) is 16.9. The fraction of sp³-hybridized carbons (Fsp3) is 0.143. The van der Waals surface area contributed by atoms with Crippen molar-refractivity contribution in [1.29, 1.82) is 0 Å². The predicted octanol–water partition coefficient (Wildman–Crippen LogP) is 3.89. The first-order chi connectivity index (χ1) is 11.6. The number of amides is 1. The Balaban J connectivity index is 1.97. The zero-order valence-corrected chi connectivity index (χ0v) is 13.9. The molecule has 3 heteroatoms. The van der Waals surface area contributed by atoms with Gasteiger partial charge in [0, 0.05) is 18.3 Å². The van der Waals surface area contributed by atoms with Gasteiger partial charge in [0.05, 0.1) is 0 Å². The lowest BCUT2D eigenvalue weighted by Gasteiger charge is -2.08. The van der Waals surface area contributed by atoms with Gasteiger partial charge >= 0.3 is 0 Å². The molecule has 0 fully saturated rings. The van der Waals surface area contributed by atoms with E-state index < -0.39 is 0 Å². The molecule has 0 unspecified atom stereocenters. The van der Waals surface area contributed by atoms with Crippen molar-refractivity contribution in [2.24, 2.45) is 4.99 Å². The van der Waals surface area contributed by atoms with E-state index in [2.05, 4.69) is 17.1 Å². The van der Waals surface area contributed by atoms with Gasteiger partial charge in [0.25, 0.3) is 5.91 Å². The average molecular weight is 316 g/mol. The summed E-state index contributed by atoms with van der Waals surface area (Å²) in [7, 11) is 0. The number of carbonyl (C=O) groups is 1. The summed E-state index contributed by atoms with van der Waals surface area (Å²) in [6.07, 6.45) is 1.95. The lowest BCUT2D eigenvalue weighted by molar-refractivity contribution is 0.0996. The molecule has 3 nitrogen and oxygen atoms in total. The molecule has 0 atom stereocenters. The van der Waals surface area contributed by atoms with Crippen molar-refractivity contribution < 1.29 is 4.79 Å². The van der Waals surface area contributed by atoms with Gasteiger partial charge in [-0.1, -0.05) is 54.1 Å². The van der Waals surface area contributed by atoms with Crippen LogP contribution in [-0.2, 0) is 6.54 Å². The number of aryl methyl sites for hydroxylation is 2. The van der Waals surface area contributed by atoms with Gasteiger partial charge in [-0.25, -0.2) is 0 Å². The third-order valence-corrected chi connectivity index (χ3v) is 3.94. The SMILES string of the molecule is Cc1ccc(C(=O)N=c2ccccn2Cc2ccccc2)c(C)c1. The molecule has 0 aliphatic carbocycles. The summed E-state index contributed by atoms with van der Waals surface area (Å²) in [6, 6.07) is 21.7. The zero-order valence-electron chi connectivity index (χ0n) is 13.9. The molecule has 0 saturated heterocycles. The molecular weight excluding hydrogens is 296 g/mol. The third kappa shape index (κ3) is 3.69. The van der Waals surface area contributed by atoms with Crippen molar-refractivity contribution in [3.63, 3.8) is 0 Å². The normalized spacial score (nSPS) is 11.5. The maximum atomic E-state index is 12.6. The monoisotopic (exact) mass is 316 g/mol. The van der Waals surface area contributed by atoms with Crippen molar-refractivity contribution in [3.05, 3.63) is 101 Å². The number of aromatic nitrogens is 1. The lowest BCUT2D eigenvalue weighted by atomic mass is 10.1. The number of rotatable bonds is 3. The van der Waals surface area contributed by atoms with Crippen LogP contribution >= 0.6 is 0 Å². The first-order valence-corrected chi connectivity index (χ1v) is 7.99. The third-order valence-electron chi connectivity index (χ3n) is 3.94. The summed E-state index contributed by atoms with van der Waals surface area (Å²) in [5, 5.41) is 0. The van der Waals surface area contributed by atoms with Gasteiger partial charge in [0.1, 0.15) is 5.49 Å². The second kappa shape index (κ2) is 7.09. The van der Waals surface area contributed by atoms with Crippen molar-refractivity contribution >= 4 is 5.91 Å². The largest absolute Gasteiger partial charge is 0.328 e. The van der Waals surface area contributed by atoms with Gasteiger partial charge in [-0.3, -0.25) is 4.79 Å². The number of carbonyl (C=O) groups excluding carboxylic acids is 1. The van der Waals surface area contributed by atoms with Crippen LogP contribution in [0.3, 0.4) is 0 Å². The van der Waals surface area contributed by atoms with E-state index in [0.717, 1.165) is 11.1 Å². The van der Waals surface area contributed by atoms with Crippen molar-refractivity contribution in [2.75, 3.05) is 0 Å². The molecule has 1 aromatic heterocycles. The molecule has 24 heavy (non-hydrogen) atoms. The molecule has 0 radical (unpaired) electrons. The second-order valence-electron chi connectivity index (χ2n) is 5.91. The van der Waals surface area contributed by atoms with Crippen LogP contribution in [0.5, 0.6) is 0 Å². The highest BCUT2D eigenvalue weighted by atomic mass is 16.1. The molecule has 3 aromatic rings. The molecule has 0 saturated carbocycles. The first kappa shape index (κ1) is 15.9. The quantitative estimate of drug-likeness (QED) is 0.722. The highest BCUT2D eigenvalue weighted by Gasteiger charge is 2.08. The Morgan fingerprint density at radius 1 is 0.958 bits per heavy atom. The molecule has 0 aliphatic rings. The molecule has 120 valence electrons. The Bertz CT molecular complexity index is 924. The van der Waals surface area contributed by atoms with Crippen molar-refractivity contribution in [3.8, 4) is 0 Å². The van der Waals surface area contributed by atoms with Gasteiger partial charge in [0.15, 0.2) is 0 Å². The van der Waals surface area contributed by atoms with Gasteiger partial charge in [-0.15, -0.1) is 0 Å². The van der Waals surface area contributed by atoms with Crippen LogP contribution in [0.25, 0.3) is 0 Å². The summed E-state index contributed by atoms with van der Waals surface area (Å²) in [5.74, 6) is -0.208. The van der Waals surface area contributed by atoms with Crippen LogP contribution in [0.1, 0.15) is 27.0 Å². The topological polar surface area (TPSA) is 34.4 Å². The lowest BCUT2D eigenvalue weighted by Crippen LogP contribution is -2.22. The fourth-order valence-electron chi connectivity index (χ4n) is 2.70. The van der Waals surface area contributed by atoms with Gasteiger partial charge < -0.3 is 4.57 Å². The van der Waals surface area contributed by atoms with Crippen LogP contribution < -0.4 is 5.49 Å². The summed E-state index contributed by atoms with van der Waals surface area (Å²) in [4.78, 5) is 16.9. The van der Waals surface area contributed by atoms with Crippen molar-refractivity contribution in [2.45, 2.75) is 20.4 Å². The molecule has 0 aliphatic heterocycles. The van der Waals surface area contributed by atoms with Crippen LogP contribution in [0.2, 0.25) is 0 Å². The van der Waals surface area contributed by atoms with Gasteiger partial charge in [0.2, 0.25) is 0 Å². The van der Waals surface area contributed by atoms with Gasteiger partial charge in [-0.05, 0) is 43.2 Å². The number of nitrogens with zero attached hydrogens (tertiary/aromatic N) is 2. The molecular formula is C21H20N2O. The Morgan fingerprint density at radius 3 is 2.46 bits per heavy atom. The summed E-state index contributed by atoms with van der Waals surface area (Å²) >= 11 is 0. The summed E-state index contributed by atoms with van der Waals surface area (Å²) in [5.41, 5.74) is 4.57. The highest BCUT2D eigenvalue weighted by molar-refractivity contribution is 5.96. The smallest absolute Gasteiger partial charge is 0.279 e. The van der Waals surface area contributed by atoms with E-state index in [1.165, 1.54) is 5.56 Å². The Morgan fingerprint density at radius 2 is 1.71 bits per heavy atom. The summed E-state index contributed by atoms with van der Waals surface area (Å²) in [6.45, 7) is 4.64. The fourth-order valence-corrected chi connectivity index (χ4v) is 2.70. The van der Waals surface area contributed by atoms with Crippen molar-refractivity contribution in [1.82, 2.24) is 4.57 Å². The van der Waals surface area contributed by atoms with Crippen LogP contribution in [-0.4, -0.2) is 10.5 Å². The Hall–Kier alpha value is -2.94. The first-order valence-electron chi connectivity index (χ1n) is 7.99. The minimum Gasteiger partial charge on any atom is -0.328 e. The van der Waals surface area contributed by atoms with Crippen LogP contribution in [0, 0.1) is 13.8 Å². The Labute approximate surface area is 141 Å². The molecule has 1 heterocycles. The number of hydrogen-bond donors (Lipinski definition) is 0.